The first-order valence-corrected chi connectivity index (χ1v) is 4.40. The Kier molecular flexibility index (Phi) is 1.90. The first-order chi connectivity index (χ1) is 6.09. The van der Waals surface area contributed by atoms with E-state index in [1.165, 1.54) is 12.1 Å². The normalized spacial score (nSPS) is 14.9. The molecule has 0 unspecified atom stereocenters. The lowest BCUT2D eigenvalue weighted by Crippen LogP contribution is -1.92. The summed E-state index contributed by atoms with van der Waals surface area (Å²) < 4.78 is 0. The third-order valence-electron chi connectivity index (χ3n) is 1.96. The lowest BCUT2D eigenvalue weighted by atomic mass is 10.1. The Balaban J connectivity index is 2.77. The zero-order chi connectivity index (χ0) is 9.59. The molecule has 2 nitrogen and oxygen atoms in total. The van der Waals surface area contributed by atoms with Crippen molar-refractivity contribution in [2.45, 2.75) is 6.42 Å². The smallest absolute Gasteiger partial charge is 0.172 e. The van der Waals surface area contributed by atoms with Gasteiger partial charge in [-0.3, -0.25) is 9.59 Å². The number of benzene rings is 1. The highest BCUT2D eigenvalue weighted by atomic mass is 35.5. The number of carbonyl (C=O) groups excluding carboxylic acids is 2. The molecule has 1 aromatic rings. The zero-order valence-corrected chi connectivity index (χ0v) is 7.95. The monoisotopic (exact) mass is 214 g/mol. The fraction of sp³-hybridized carbons (Fsp3) is 0.111. The third kappa shape index (κ3) is 1.26. The molecule has 0 saturated heterocycles. The number of fused-ring (bicyclic) bond motifs is 1. The highest BCUT2D eigenvalue weighted by molar-refractivity contribution is 6.40. The van der Waals surface area contributed by atoms with Crippen LogP contribution in [0.3, 0.4) is 0 Å². The number of hydrogen-bond acceptors (Lipinski definition) is 2. The molecule has 0 radical (unpaired) electrons. The Morgan fingerprint density at radius 1 is 1.08 bits per heavy atom. The van der Waals surface area contributed by atoms with Gasteiger partial charge in [0.1, 0.15) is 0 Å². The van der Waals surface area contributed by atoms with Crippen LogP contribution in [0.2, 0.25) is 10.0 Å². The van der Waals surface area contributed by atoms with Crippen molar-refractivity contribution in [2.75, 3.05) is 0 Å². The average Bonchev–Trinajstić information content (AvgIpc) is 2.27. The van der Waals surface area contributed by atoms with E-state index in [0.29, 0.717) is 16.1 Å². The molecule has 0 atom stereocenters. The number of ketones is 2. The first kappa shape index (κ1) is 8.73. The molecule has 0 aromatic heterocycles. The molecular formula is C9H4Cl2O2. The Morgan fingerprint density at radius 2 is 1.77 bits per heavy atom. The molecule has 0 N–H and O–H groups in total. The van der Waals surface area contributed by atoms with Crippen molar-refractivity contribution in [1.29, 1.82) is 0 Å². The standard InChI is InChI=1S/C9H4Cl2O2/c10-4-1-5-7(12)3-8(13)9(5)6(11)2-4/h1-2H,3H2. The molecule has 0 aliphatic heterocycles. The van der Waals surface area contributed by atoms with Gasteiger partial charge < -0.3 is 0 Å². The van der Waals surface area contributed by atoms with Crippen LogP contribution in [0, 0.1) is 0 Å². The summed E-state index contributed by atoms with van der Waals surface area (Å²) in [5.74, 6) is -0.425. The molecule has 0 spiro atoms. The Hall–Kier alpha value is -0.860. The van der Waals surface area contributed by atoms with Crippen molar-refractivity contribution in [3.8, 4) is 0 Å². The van der Waals surface area contributed by atoms with Gasteiger partial charge in [0.15, 0.2) is 11.6 Å². The van der Waals surface area contributed by atoms with Crippen LogP contribution >= 0.6 is 23.2 Å². The van der Waals surface area contributed by atoms with Crippen LogP contribution < -0.4 is 0 Å². The van der Waals surface area contributed by atoms with Crippen LogP contribution in [0.4, 0.5) is 0 Å². The van der Waals surface area contributed by atoms with Gasteiger partial charge in [-0.15, -0.1) is 0 Å². The lowest BCUT2D eigenvalue weighted by molar-refractivity contribution is 0.0923. The largest absolute Gasteiger partial charge is 0.294 e. The first-order valence-electron chi connectivity index (χ1n) is 3.65. The molecule has 1 aromatic carbocycles. The topological polar surface area (TPSA) is 34.1 Å². The van der Waals surface area contributed by atoms with Gasteiger partial charge in [0.05, 0.1) is 11.4 Å². The molecule has 0 bridgehead atoms. The summed E-state index contributed by atoms with van der Waals surface area (Å²) >= 11 is 11.5. The SMILES string of the molecule is O=C1CC(=O)c2c(Cl)cc(Cl)cc21. The quantitative estimate of drug-likeness (QED) is 0.623. The van der Waals surface area contributed by atoms with E-state index in [1.807, 2.05) is 0 Å². The summed E-state index contributed by atoms with van der Waals surface area (Å²) in [5.41, 5.74) is 0.665. The van der Waals surface area contributed by atoms with Crippen molar-refractivity contribution in [2.24, 2.45) is 0 Å². The maximum Gasteiger partial charge on any atom is 0.172 e. The van der Waals surface area contributed by atoms with Crippen molar-refractivity contribution in [1.82, 2.24) is 0 Å². The fourth-order valence-corrected chi connectivity index (χ4v) is 2.01. The van der Waals surface area contributed by atoms with E-state index in [-0.39, 0.29) is 23.0 Å². The number of halogens is 2. The van der Waals surface area contributed by atoms with Crippen molar-refractivity contribution >= 4 is 34.8 Å². The molecular weight excluding hydrogens is 211 g/mol. The molecule has 13 heavy (non-hydrogen) atoms. The summed E-state index contributed by atoms with van der Waals surface area (Å²) in [6.45, 7) is 0. The minimum absolute atomic E-state index is 0.0879. The van der Waals surface area contributed by atoms with Crippen LogP contribution in [0.5, 0.6) is 0 Å². The van der Waals surface area contributed by atoms with Crippen LogP contribution in [-0.2, 0) is 0 Å². The van der Waals surface area contributed by atoms with Gasteiger partial charge in [-0.05, 0) is 12.1 Å². The number of Topliss-reactive ketones (excluding diaryl/α,β-unsaturated/α-hetero) is 2. The Labute approximate surface area is 84.4 Å². The summed E-state index contributed by atoms with van der Waals surface area (Å²) in [5, 5.41) is 0.644. The lowest BCUT2D eigenvalue weighted by Gasteiger charge is -1.99. The summed E-state index contributed by atoms with van der Waals surface area (Å²) in [6.07, 6.45) is -0.0879. The second-order valence-electron chi connectivity index (χ2n) is 2.83. The molecule has 0 fully saturated rings. The fourth-order valence-electron chi connectivity index (χ4n) is 1.41. The average molecular weight is 215 g/mol. The van der Waals surface area contributed by atoms with E-state index < -0.39 is 0 Å². The zero-order valence-electron chi connectivity index (χ0n) is 6.43. The molecule has 2 rings (SSSR count). The number of hydrogen-bond donors (Lipinski definition) is 0. The second-order valence-corrected chi connectivity index (χ2v) is 3.68. The minimum Gasteiger partial charge on any atom is -0.294 e. The molecule has 1 aliphatic carbocycles. The Bertz CT molecular complexity index is 424. The van der Waals surface area contributed by atoms with Gasteiger partial charge in [-0.25, -0.2) is 0 Å². The van der Waals surface area contributed by atoms with Gasteiger partial charge in [0, 0.05) is 16.1 Å². The minimum atomic E-state index is -0.221. The number of rotatable bonds is 0. The van der Waals surface area contributed by atoms with Crippen molar-refractivity contribution in [3.05, 3.63) is 33.3 Å². The van der Waals surface area contributed by atoms with Crippen molar-refractivity contribution < 1.29 is 9.59 Å². The van der Waals surface area contributed by atoms with E-state index in [1.54, 1.807) is 0 Å². The molecule has 0 saturated carbocycles. The molecule has 66 valence electrons. The molecule has 1 aliphatic rings. The maximum atomic E-state index is 11.3. The van der Waals surface area contributed by atoms with Gasteiger partial charge >= 0.3 is 0 Å². The van der Waals surface area contributed by atoms with Gasteiger partial charge in [-0.1, -0.05) is 23.2 Å². The highest BCUT2D eigenvalue weighted by Crippen LogP contribution is 2.31. The van der Waals surface area contributed by atoms with E-state index in [0.717, 1.165) is 0 Å². The van der Waals surface area contributed by atoms with E-state index >= 15 is 0 Å². The van der Waals surface area contributed by atoms with E-state index in [4.69, 9.17) is 23.2 Å². The molecule has 4 heteroatoms. The summed E-state index contributed by atoms with van der Waals surface area (Å²) in [4.78, 5) is 22.5. The van der Waals surface area contributed by atoms with Crippen LogP contribution in [0.15, 0.2) is 12.1 Å². The summed E-state index contributed by atoms with van der Waals surface area (Å²) in [6, 6.07) is 2.95. The summed E-state index contributed by atoms with van der Waals surface area (Å²) in [7, 11) is 0. The predicted octanol–water partition coefficient (Wildman–Crippen LogP) is 2.76. The second kappa shape index (κ2) is 2.82. The van der Waals surface area contributed by atoms with E-state index in [9.17, 15) is 9.59 Å². The van der Waals surface area contributed by atoms with Crippen LogP contribution in [0.1, 0.15) is 27.1 Å². The van der Waals surface area contributed by atoms with Gasteiger partial charge in [-0.2, -0.15) is 0 Å². The Morgan fingerprint density at radius 3 is 2.46 bits per heavy atom. The molecule has 0 amide bonds. The van der Waals surface area contributed by atoms with Gasteiger partial charge in [0.25, 0.3) is 0 Å². The van der Waals surface area contributed by atoms with Crippen LogP contribution in [-0.4, -0.2) is 11.6 Å². The van der Waals surface area contributed by atoms with E-state index in [2.05, 4.69) is 0 Å². The van der Waals surface area contributed by atoms with Crippen LogP contribution in [0.25, 0.3) is 0 Å². The highest BCUT2D eigenvalue weighted by Gasteiger charge is 2.29. The maximum absolute atomic E-state index is 11.3. The van der Waals surface area contributed by atoms with Crippen molar-refractivity contribution in [3.63, 3.8) is 0 Å². The third-order valence-corrected chi connectivity index (χ3v) is 2.47. The predicted molar refractivity (Wildman–Crippen MR) is 49.7 cm³/mol. The molecule has 0 heterocycles. The number of carbonyl (C=O) groups is 2. The van der Waals surface area contributed by atoms with Gasteiger partial charge in [0.2, 0.25) is 0 Å².